The van der Waals surface area contributed by atoms with E-state index in [2.05, 4.69) is 15.2 Å². The first-order valence-electron chi connectivity index (χ1n) is 9.72. The highest BCUT2D eigenvalue weighted by Crippen LogP contribution is 2.36. The van der Waals surface area contributed by atoms with E-state index in [9.17, 15) is 4.79 Å². The summed E-state index contributed by atoms with van der Waals surface area (Å²) in [6.45, 7) is 1.93. The molecule has 0 spiro atoms. The maximum Gasteiger partial charge on any atom is 0.260 e. The fourth-order valence-corrected chi connectivity index (χ4v) is 5.39. The number of benzene rings is 2. The molecule has 0 saturated carbocycles. The van der Waals surface area contributed by atoms with Crippen LogP contribution in [0.15, 0.2) is 69.9 Å². The number of nitrogen functional groups attached to an aromatic ring is 1. The normalized spacial score (nSPS) is 12.3. The Kier molecular flexibility index (Phi) is 5.46. The Morgan fingerprint density at radius 2 is 1.84 bits per heavy atom. The molecule has 7 nitrogen and oxygen atoms in total. The third-order valence-electron chi connectivity index (χ3n) is 4.99. The molecule has 0 bridgehead atoms. The summed E-state index contributed by atoms with van der Waals surface area (Å²) >= 11 is 9.08. The van der Waals surface area contributed by atoms with Crippen molar-refractivity contribution in [2.45, 2.75) is 17.3 Å². The van der Waals surface area contributed by atoms with Crippen molar-refractivity contribution in [3.05, 3.63) is 81.2 Å². The zero-order valence-corrected chi connectivity index (χ0v) is 19.2. The molecule has 3 heterocycles. The molecule has 10 heteroatoms. The van der Waals surface area contributed by atoms with Crippen LogP contribution >= 0.6 is 34.7 Å². The van der Waals surface area contributed by atoms with Crippen LogP contribution in [0.2, 0.25) is 5.02 Å². The van der Waals surface area contributed by atoms with Gasteiger partial charge in [0.2, 0.25) is 5.16 Å². The second-order valence-corrected chi connectivity index (χ2v) is 9.64. The van der Waals surface area contributed by atoms with Crippen LogP contribution in [0.5, 0.6) is 0 Å². The van der Waals surface area contributed by atoms with Crippen molar-refractivity contribution in [1.82, 2.24) is 24.8 Å². The maximum absolute atomic E-state index is 12.9. The van der Waals surface area contributed by atoms with Gasteiger partial charge in [-0.2, -0.15) is 0 Å². The molecule has 0 radical (unpaired) electrons. The second-order valence-electron chi connectivity index (χ2n) is 7.06. The van der Waals surface area contributed by atoms with Crippen LogP contribution in [0, 0.1) is 0 Å². The highest BCUT2D eigenvalue weighted by Gasteiger charge is 2.20. The lowest BCUT2D eigenvalue weighted by atomic mass is 10.1. The van der Waals surface area contributed by atoms with Gasteiger partial charge in [-0.05, 0) is 24.6 Å². The zero-order chi connectivity index (χ0) is 22.2. The lowest BCUT2D eigenvalue weighted by molar-refractivity contribution is 0.835. The van der Waals surface area contributed by atoms with Crippen molar-refractivity contribution in [1.29, 1.82) is 0 Å². The zero-order valence-electron chi connectivity index (χ0n) is 16.8. The fraction of sp³-hybridized carbons (Fsp3) is 0.0909. The minimum Gasteiger partial charge on any atom is -0.335 e. The van der Waals surface area contributed by atoms with Crippen molar-refractivity contribution in [2.24, 2.45) is 0 Å². The van der Waals surface area contributed by atoms with E-state index < -0.39 is 0 Å². The lowest BCUT2D eigenvalue weighted by Crippen LogP contribution is -2.14. The predicted octanol–water partition coefficient (Wildman–Crippen LogP) is 5.13. The Morgan fingerprint density at radius 1 is 1.09 bits per heavy atom. The molecule has 160 valence electrons. The summed E-state index contributed by atoms with van der Waals surface area (Å²) < 4.78 is 1.40. The number of nitrogens with one attached hydrogen (secondary N) is 1. The van der Waals surface area contributed by atoms with Gasteiger partial charge in [-0.25, -0.2) is 9.66 Å². The number of aromatic nitrogens is 5. The van der Waals surface area contributed by atoms with E-state index in [-0.39, 0.29) is 10.8 Å². The predicted molar refractivity (Wildman–Crippen MR) is 131 cm³/mol. The van der Waals surface area contributed by atoms with Gasteiger partial charge in [0.15, 0.2) is 5.82 Å². The summed E-state index contributed by atoms with van der Waals surface area (Å²) in [4.78, 5) is 21.3. The largest absolute Gasteiger partial charge is 0.335 e. The van der Waals surface area contributed by atoms with Crippen molar-refractivity contribution in [2.75, 3.05) is 5.84 Å². The average Bonchev–Trinajstić information content (AvgIpc) is 3.39. The van der Waals surface area contributed by atoms with Gasteiger partial charge in [-0.15, -0.1) is 21.5 Å². The van der Waals surface area contributed by atoms with Gasteiger partial charge in [0.25, 0.3) is 5.56 Å². The minimum absolute atomic E-state index is 0.163. The Bertz CT molecular complexity index is 1480. The molecule has 0 aliphatic heterocycles. The first-order valence-corrected chi connectivity index (χ1v) is 11.9. The molecule has 0 aliphatic rings. The van der Waals surface area contributed by atoms with Crippen molar-refractivity contribution < 1.29 is 0 Å². The second kappa shape index (κ2) is 8.42. The van der Waals surface area contributed by atoms with Crippen LogP contribution in [0.1, 0.15) is 18.0 Å². The fourth-order valence-electron chi connectivity index (χ4n) is 3.39. The third-order valence-corrected chi connectivity index (χ3v) is 7.26. The molecule has 2 aromatic carbocycles. The van der Waals surface area contributed by atoms with Gasteiger partial charge in [0, 0.05) is 16.5 Å². The molecule has 0 saturated heterocycles. The minimum atomic E-state index is -0.208. The average molecular weight is 481 g/mol. The van der Waals surface area contributed by atoms with Gasteiger partial charge < -0.3 is 10.8 Å². The third kappa shape index (κ3) is 3.68. The van der Waals surface area contributed by atoms with Crippen molar-refractivity contribution in [3.63, 3.8) is 0 Å². The maximum atomic E-state index is 12.9. The number of halogens is 1. The number of nitrogens with zero attached hydrogens (tertiary/aromatic N) is 4. The van der Waals surface area contributed by atoms with Crippen molar-refractivity contribution >= 4 is 44.9 Å². The van der Waals surface area contributed by atoms with E-state index >= 15 is 0 Å². The number of H-pyrrole nitrogens is 1. The molecule has 1 atom stereocenters. The number of hydrogen-bond donors (Lipinski definition) is 2. The lowest BCUT2D eigenvalue weighted by Gasteiger charge is -2.10. The summed E-state index contributed by atoms with van der Waals surface area (Å²) in [6.07, 6.45) is 0. The van der Waals surface area contributed by atoms with Gasteiger partial charge in [0.1, 0.15) is 10.7 Å². The highest BCUT2D eigenvalue weighted by molar-refractivity contribution is 7.99. The molecule has 0 aliphatic carbocycles. The smallest absolute Gasteiger partial charge is 0.260 e. The molecule has 0 fully saturated rings. The molecule has 0 amide bonds. The standard InChI is InChI=1S/C22H17ClN6OS2/c1-12(32-22-28-27-19(29(22)24)14-9-5-6-10-16(14)23)18-25-20(30)17-15(11-31-21(17)26-18)13-7-3-2-4-8-13/h2-12H,24H2,1H3,(H,25,26,30). The van der Waals surface area contributed by atoms with E-state index in [1.807, 2.05) is 60.8 Å². The van der Waals surface area contributed by atoms with Crippen LogP contribution < -0.4 is 11.4 Å². The van der Waals surface area contributed by atoms with Crippen LogP contribution in [-0.4, -0.2) is 24.8 Å². The Balaban J connectivity index is 1.46. The molecular formula is C22H17ClN6OS2. The number of rotatable bonds is 5. The van der Waals surface area contributed by atoms with Gasteiger partial charge >= 0.3 is 0 Å². The highest BCUT2D eigenvalue weighted by atomic mass is 35.5. The summed E-state index contributed by atoms with van der Waals surface area (Å²) in [6, 6.07) is 17.1. The summed E-state index contributed by atoms with van der Waals surface area (Å²) in [5, 5.41) is 11.8. The van der Waals surface area contributed by atoms with Gasteiger partial charge in [0.05, 0.1) is 15.7 Å². The molecule has 32 heavy (non-hydrogen) atoms. The van der Waals surface area contributed by atoms with E-state index in [4.69, 9.17) is 22.4 Å². The Hall–Kier alpha value is -3.14. The SMILES string of the molecule is CC(Sc1nnc(-c2ccccc2Cl)n1N)c1nc2scc(-c3ccccc3)c2c(=O)[nH]1. The summed E-state index contributed by atoms with van der Waals surface area (Å²) in [5.74, 6) is 7.26. The topological polar surface area (TPSA) is 102 Å². The molecule has 3 N–H and O–H groups in total. The molecule has 5 rings (SSSR count). The van der Waals surface area contributed by atoms with Crippen LogP contribution in [0.3, 0.4) is 0 Å². The first-order chi connectivity index (χ1) is 15.5. The van der Waals surface area contributed by atoms with E-state index in [1.54, 1.807) is 6.07 Å². The number of aromatic amines is 1. The van der Waals surface area contributed by atoms with Crippen LogP contribution in [0.4, 0.5) is 0 Å². The van der Waals surface area contributed by atoms with Gasteiger partial charge in [-0.1, -0.05) is 65.8 Å². The molecular weight excluding hydrogens is 464 g/mol. The van der Waals surface area contributed by atoms with E-state index in [0.717, 1.165) is 11.1 Å². The van der Waals surface area contributed by atoms with Gasteiger partial charge in [-0.3, -0.25) is 4.79 Å². The van der Waals surface area contributed by atoms with Crippen molar-refractivity contribution in [3.8, 4) is 22.5 Å². The molecule has 1 unspecified atom stereocenters. The van der Waals surface area contributed by atoms with Crippen LogP contribution in [-0.2, 0) is 0 Å². The number of fused-ring (bicyclic) bond motifs is 1. The Morgan fingerprint density at radius 3 is 2.62 bits per heavy atom. The van der Waals surface area contributed by atoms with E-state index in [1.165, 1.54) is 27.8 Å². The number of nitrogens with two attached hydrogens (primary N) is 1. The number of thiophene rings is 1. The quantitative estimate of drug-likeness (QED) is 0.267. The van der Waals surface area contributed by atoms with E-state index in [0.29, 0.717) is 37.6 Å². The first kappa shape index (κ1) is 20.7. The number of thioether (sulfide) groups is 1. The van der Waals surface area contributed by atoms with Crippen LogP contribution in [0.25, 0.3) is 32.7 Å². The molecule has 3 aromatic heterocycles. The monoisotopic (exact) mass is 480 g/mol. The summed E-state index contributed by atoms with van der Waals surface area (Å²) in [7, 11) is 0. The Labute approximate surface area is 196 Å². The molecule has 5 aromatic rings. The summed E-state index contributed by atoms with van der Waals surface area (Å²) in [5.41, 5.74) is 2.41. The number of hydrogen-bond acceptors (Lipinski definition) is 7.